The van der Waals surface area contributed by atoms with Gasteiger partial charge in [0.05, 0.1) is 11.2 Å². The lowest BCUT2D eigenvalue weighted by atomic mass is 10.1. The first-order valence-corrected chi connectivity index (χ1v) is 6.59. The molecule has 3 aromatic rings. The molecule has 0 spiro atoms. The third kappa shape index (κ3) is 2.49. The molecule has 0 fully saturated rings. The maximum atomic E-state index is 5.99. The van der Waals surface area contributed by atoms with E-state index in [4.69, 9.17) is 10.5 Å². The monoisotopic (exact) mass is 264 g/mol. The summed E-state index contributed by atoms with van der Waals surface area (Å²) >= 11 is 0. The van der Waals surface area contributed by atoms with Crippen LogP contribution in [0.4, 0.5) is 0 Å². The summed E-state index contributed by atoms with van der Waals surface area (Å²) in [6, 6.07) is 17.8. The first-order chi connectivity index (χ1) is 9.76. The van der Waals surface area contributed by atoms with Crippen LogP contribution in [0.1, 0.15) is 11.3 Å². The highest BCUT2D eigenvalue weighted by Gasteiger charge is 2.07. The summed E-state index contributed by atoms with van der Waals surface area (Å²) < 4.78 is 5.99. The molecule has 0 amide bonds. The van der Waals surface area contributed by atoms with E-state index >= 15 is 0 Å². The average molecular weight is 264 g/mol. The van der Waals surface area contributed by atoms with E-state index in [1.165, 1.54) is 5.56 Å². The Morgan fingerprint density at radius 3 is 2.55 bits per heavy atom. The fraction of sp³-hybridized carbons (Fsp3) is 0.118. The fourth-order valence-corrected chi connectivity index (χ4v) is 2.12. The Labute approximate surface area is 118 Å². The summed E-state index contributed by atoms with van der Waals surface area (Å²) in [5.74, 6) is 1.61. The van der Waals surface area contributed by atoms with Crippen molar-refractivity contribution in [1.29, 1.82) is 0 Å². The summed E-state index contributed by atoms with van der Waals surface area (Å²) in [5.41, 5.74) is 8.64. The molecule has 3 nitrogen and oxygen atoms in total. The Kier molecular flexibility index (Phi) is 3.35. The maximum absolute atomic E-state index is 5.99. The second kappa shape index (κ2) is 5.31. The number of ether oxygens (including phenoxy) is 1. The molecule has 2 N–H and O–H groups in total. The lowest BCUT2D eigenvalue weighted by molar-refractivity contribution is 0.487. The summed E-state index contributed by atoms with van der Waals surface area (Å²) in [6.07, 6.45) is 0. The number of para-hydroxylation sites is 1. The van der Waals surface area contributed by atoms with Crippen molar-refractivity contribution in [3.8, 4) is 11.5 Å². The summed E-state index contributed by atoms with van der Waals surface area (Å²) in [5, 5.41) is 0.991. The van der Waals surface area contributed by atoms with Crippen LogP contribution in [0.2, 0.25) is 0 Å². The van der Waals surface area contributed by atoms with E-state index in [2.05, 4.69) is 11.9 Å². The van der Waals surface area contributed by atoms with Gasteiger partial charge in [-0.05, 0) is 31.2 Å². The SMILES string of the molecule is Cc1ccc(Oc2cc(CN)nc3ccccc23)cc1. The van der Waals surface area contributed by atoms with E-state index in [1.54, 1.807) is 0 Å². The molecule has 2 aromatic carbocycles. The van der Waals surface area contributed by atoms with E-state index in [0.717, 1.165) is 28.1 Å². The van der Waals surface area contributed by atoms with Crippen molar-refractivity contribution in [2.75, 3.05) is 0 Å². The zero-order valence-electron chi connectivity index (χ0n) is 11.3. The van der Waals surface area contributed by atoms with Crippen LogP contribution in [0.3, 0.4) is 0 Å². The van der Waals surface area contributed by atoms with E-state index in [0.29, 0.717) is 6.54 Å². The predicted molar refractivity (Wildman–Crippen MR) is 80.9 cm³/mol. The molecule has 0 aliphatic heterocycles. The van der Waals surface area contributed by atoms with Gasteiger partial charge in [-0.1, -0.05) is 29.8 Å². The predicted octanol–water partition coefficient (Wildman–Crippen LogP) is 3.79. The van der Waals surface area contributed by atoms with Gasteiger partial charge in [0.2, 0.25) is 0 Å². The molecule has 0 unspecified atom stereocenters. The number of nitrogens with two attached hydrogens (primary N) is 1. The lowest BCUT2D eigenvalue weighted by Crippen LogP contribution is -2.00. The Morgan fingerprint density at radius 2 is 1.80 bits per heavy atom. The van der Waals surface area contributed by atoms with E-state index in [1.807, 2.05) is 54.6 Å². The van der Waals surface area contributed by atoms with Crippen LogP contribution in [0.25, 0.3) is 10.9 Å². The largest absolute Gasteiger partial charge is 0.457 e. The molecule has 100 valence electrons. The smallest absolute Gasteiger partial charge is 0.138 e. The van der Waals surface area contributed by atoms with Crippen LogP contribution in [0.5, 0.6) is 11.5 Å². The number of pyridine rings is 1. The number of nitrogens with zero attached hydrogens (tertiary/aromatic N) is 1. The number of fused-ring (bicyclic) bond motifs is 1. The van der Waals surface area contributed by atoms with Gasteiger partial charge < -0.3 is 10.5 Å². The van der Waals surface area contributed by atoms with Crippen molar-refractivity contribution in [3.63, 3.8) is 0 Å². The van der Waals surface area contributed by atoms with Crippen molar-refractivity contribution in [2.45, 2.75) is 13.5 Å². The Hall–Kier alpha value is -2.39. The van der Waals surface area contributed by atoms with Gasteiger partial charge in [-0.2, -0.15) is 0 Å². The van der Waals surface area contributed by atoms with Crippen molar-refractivity contribution in [1.82, 2.24) is 4.98 Å². The molecule has 0 bridgehead atoms. The van der Waals surface area contributed by atoms with Gasteiger partial charge in [-0.15, -0.1) is 0 Å². The van der Waals surface area contributed by atoms with Crippen molar-refractivity contribution in [3.05, 3.63) is 65.9 Å². The van der Waals surface area contributed by atoms with Gasteiger partial charge in [0, 0.05) is 18.0 Å². The number of aryl methyl sites for hydroxylation is 1. The second-order valence-corrected chi connectivity index (χ2v) is 4.75. The number of rotatable bonds is 3. The van der Waals surface area contributed by atoms with Crippen LogP contribution >= 0.6 is 0 Å². The van der Waals surface area contributed by atoms with Crippen LogP contribution in [-0.4, -0.2) is 4.98 Å². The molecule has 0 saturated heterocycles. The quantitative estimate of drug-likeness (QED) is 0.782. The number of hydrogen-bond acceptors (Lipinski definition) is 3. The second-order valence-electron chi connectivity index (χ2n) is 4.75. The first-order valence-electron chi connectivity index (χ1n) is 6.59. The van der Waals surface area contributed by atoms with Crippen LogP contribution < -0.4 is 10.5 Å². The highest BCUT2D eigenvalue weighted by atomic mass is 16.5. The van der Waals surface area contributed by atoms with E-state index in [-0.39, 0.29) is 0 Å². The summed E-state index contributed by atoms with van der Waals surface area (Å²) in [6.45, 7) is 2.45. The standard InChI is InChI=1S/C17H16N2O/c1-12-6-8-14(9-7-12)20-17-10-13(11-18)19-16-5-3-2-4-15(16)17/h2-10H,11,18H2,1H3. The summed E-state index contributed by atoms with van der Waals surface area (Å²) in [7, 11) is 0. The van der Waals surface area contributed by atoms with Crippen LogP contribution in [0.15, 0.2) is 54.6 Å². The topological polar surface area (TPSA) is 48.1 Å². The highest BCUT2D eigenvalue weighted by molar-refractivity contribution is 5.85. The number of benzene rings is 2. The van der Waals surface area contributed by atoms with Gasteiger partial charge in [0.1, 0.15) is 11.5 Å². The molecule has 3 rings (SSSR count). The minimum Gasteiger partial charge on any atom is -0.457 e. The number of hydrogen-bond donors (Lipinski definition) is 1. The Balaban J connectivity index is 2.07. The Bertz CT molecular complexity index is 736. The average Bonchev–Trinajstić information content (AvgIpc) is 2.49. The fourth-order valence-electron chi connectivity index (χ4n) is 2.12. The molecule has 0 aliphatic carbocycles. The van der Waals surface area contributed by atoms with E-state index in [9.17, 15) is 0 Å². The van der Waals surface area contributed by atoms with Crippen LogP contribution in [-0.2, 0) is 6.54 Å². The van der Waals surface area contributed by atoms with Gasteiger partial charge in [-0.3, -0.25) is 4.98 Å². The van der Waals surface area contributed by atoms with Gasteiger partial charge in [-0.25, -0.2) is 0 Å². The first kappa shape index (κ1) is 12.6. The molecule has 1 aromatic heterocycles. The van der Waals surface area contributed by atoms with Gasteiger partial charge in [0.15, 0.2) is 0 Å². The van der Waals surface area contributed by atoms with Crippen molar-refractivity contribution in [2.24, 2.45) is 5.73 Å². The normalized spacial score (nSPS) is 10.7. The molecule has 0 aliphatic rings. The van der Waals surface area contributed by atoms with Crippen molar-refractivity contribution < 1.29 is 4.74 Å². The molecule has 20 heavy (non-hydrogen) atoms. The third-order valence-corrected chi connectivity index (χ3v) is 3.19. The lowest BCUT2D eigenvalue weighted by Gasteiger charge is -2.10. The summed E-state index contributed by atoms with van der Waals surface area (Å²) in [4.78, 5) is 4.51. The highest BCUT2D eigenvalue weighted by Crippen LogP contribution is 2.29. The zero-order chi connectivity index (χ0) is 13.9. The molecule has 0 saturated carbocycles. The minimum atomic E-state index is 0.398. The minimum absolute atomic E-state index is 0.398. The molecular weight excluding hydrogens is 248 g/mol. The Morgan fingerprint density at radius 1 is 1.05 bits per heavy atom. The van der Waals surface area contributed by atoms with E-state index < -0.39 is 0 Å². The van der Waals surface area contributed by atoms with Crippen molar-refractivity contribution >= 4 is 10.9 Å². The molecular formula is C17H16N2O. The molecule has 3 heteroatoms. The third-order valence-electron chi connectivity index (χ3n) is 3.19. The van der Waals surface area contributed by atoms with Crippen LogP contribution in [0, 0.1) is 6.92 Å². The number of aromatic nitrogens is 1. The molecule has 0 radical (unpaired) electrons. The maximum Gasteiger partial charge on any atom is 0.138 e. The molecule has 1 heterocycles. The van der Waals surface area contributed by atoms with Gasteiger partial charge >= 0.3 is 0 Å². The zero-order valence-corrected chi connectivity index (χ0v) is 11.3. The van der Waals surface area contributed by atoms with Gasteiger partial charge in [0.25, 0.3) is 0 Å². The molecule has 0 atom stereocenters.